The number of para-hydroxylation sites is 2. The van der Waals surface area contributed by atoms with Crippen molar-refractivity contribution >= 4 is 23.2 Å². The zero-order valence-corrected chi connectivity index (χ0v) is 12.3. The summed E-state index contributed by atoms with van der Waals surface area (Å²) in [5.41, 5.74) is -0.107. The van der Waals surface area contributed by atoms with Crippen LogP contribution in [0, 0.1) is 0 Å². The van der Waals surface area contributed by atoms with Crippen LogP contribution in [-0.2, 0) is 4.79 Å². The molecule has 0 saturated carbocycles. The maximum Gasteiger partial charge on any atom is 0.573 e. The highest BCUT2D eigenvalue weighted by Crippen LogP contribution is 2.29. The van der Waals surface area contributed by atoms with Crippen molar-refractivity contribution in [1.29, 1.82) is 0 Å². The second kappa shape index (κ2) is 7.23. The van der Waals surface area contributed by atoms with Gasteiger partial charge in [0, 0.05) is 5.02 Å². The Bertz CT molecular complexity index is 692. The van der Waals surface area contributed by atoms with Gasteiger partial charge in [0.1, 0.15) is 5.75 Å². The third kappa shape index (κ3) is 5.71. The zero-order chi connectivity index (χ0) is 16.9. The van der Waals surface area contributed by atoms with Crippen LogP contribution < -0.4 is 14.8 Å². The summed E-state index contributed by atoms with van der Waals surface area (Å²) in [5, 5.41) is 2.73. The van der Waals surface area contributed by atoms with Crippen molar-refractivity contribution in [2.45, 2.75) is 6.36 Å². The lowest BCUT2D eigenvalue weighted by Gasteiger charge is -2.14. The number of carbonyl (C=O) groups is 1. The van der Waals surface area contributed by atoms with Gasteiger partial charge < -0.3 is 14.8 Å². The van der Waals surface area contributed by atoms with E-state index in [1.165, 1.54) is 24.3 Å². The molecule has 0 fully saturated rings. The largest absolute Gasteiger partial charge is 0.573 e. The van der Waals surface area contributed by atoms with Crippen molar-refractivity contribution in [2.24, 2.45) is 0 Å². The number of alkyl halides is 3. The van der Waals surface area contributed by atoms with E-state index in [1.54, 1.807) is 18.2 Å². The molecule has 2 aromatic rings. The van der Waals surface area contributed by atoms with Gasteiger partial charge >= 0.3 is 6.36 Å². The number of nitrogens with one attached hydrogen (secondary N) is 1. The summed E-state index contributed by atoms with van der Waals surface area (Å²) in [6, 6.07) is 11.6. The van der Waals surface area contributed by atoms with Crippen molar-refractivity contribution in [1.82, 2.24) is 0 Å². The number of amides is 1. The molecule has 0 radical (unpaired) electrons. The first-order chi connectivity index (χ1) is 10.8. The normalized spacial score (nSPS) is 11.0. The number of hydrogen-bond donors (Lipinski definition) is 1. The van der Waals surface area contributed by atoms with Crippen LogP contribution in [0.25, 0.3) is 0 Å². The molecular formula is C15H11ClF3NO3. The van der Waals surface area contributed by atoms with Crippen molar-refractivity contribution in [3.8, 4) is 11.5 Å². The van der Waals surface area contributed by atoms with Gasteiger partial charge in [0.25, 0.3) is 5.91 Å². The molecule has 0 aliphatic carbocycles. The van der Waals surface area contributed by atoms with Gasteiger partial charge in [-0.25, -0.2) is 0 Å². The minimum atomic E-state index is -4.85. The van der Waals surface area contributed by atoms with Gasteiger partial charge in [-0.2, -0.15) is 0 Å². The maximum absolute atomic E-state index is 12.3. The van der Waals surface area contributed by atoms with E-state index in [0.717, 1.165) is 6.07 Å². The third-order valence-electron chi connectivity index (χ3n) is 2.55. The van der Waals surface area contributed by atoms with Crippen LogP contribution in [0.4, 0.5) is 18.9 Å². The molecule has 4 nitrogen and oxygen atoms in total. The lowest BCUT2D eigenvalue weighted by Crippen LogP contribution is -2.22. The maximum atomic E-state index is 12.3. The van der Waals surface area contributed by atoms with Crippen LogP contribution in [0.2, 0.25) is 5.02 Å². The van der Waals surface area contributed by atoms with E-state index in [9.17, 15) is 18.0 Å². The minimum absolute atomic E-state index is 0.107. The number of rotatable bonds is 5. The van der Waals surface area contributed by atoms with Crippen LogP contribution in [0.15, 0.2) is 48.5 Å². The molecule has 0 aromatic heterocycles. The molecule has 2 aromatic carbocycles. The first-order valence-electron chi connectivity index (χ1n) is 6.36. The predicted octanol–water partition coefficient (Wildman–Crippen LogP) is 4.26. The Balaban J connectivity index is 1.98. The Morgan fingerprint density at radius 1 is 1.13 bits per heavy atom. The topological polar surface area (TPSA) is 47.6 Å². The van der Waals surface area contributed by atoms with Gasteiger partial charge in [0.15, 0.2) is 12.4 Å². The average Bonchev–Trinajstić information content (AvgIpc) is 2.46. The standard InChI is InChI=1S/C15H11ClF3NO3/c16-10-4-3-5-11(8-10)22-9-14(21)20-12-6-1-2-7-13(12)23-15(17,18)19/h1-8H,9H2,(H,20,21). The van der Waals surface area contributed by atoms with E-state index in [4.69, 9.17) is 16.3 Å². The van der Waals surface area contributed by atoms with Gasteiger partial charge in [-0.1, -0.05) is 29.8 Å². The molecule has 8 heteroatoms. The zero-order valence-electron chi connectivity index (χ0n) is 11.6. The highest BCUT2D eigenvalue weighted by atomic mass is 35.5. The quantitative estimate of drug-likeness (QED) is 0.881. The molecule has 0 aliphatic rings. The van der Waals surface area contributed by atoms with Crippen LogP contribution in [0.3, 0.4) is 0 Å². The van der Waals surface area contributed by atoms with Gasteiger partial charge in [0.05, 0.1) is 5.69 Å². The molecule has 23 heavy (non-hydrogen) atoms. The molecular weight excluding hydrogens is 335 g/mol. The molecule has 0 aliphatic heterocycles. The van der Waals surface area contributed by atoms with Crippen molar-refractivity contribution < 1.29 is 27.4 Å². The monoisotopic (exact) mass is 345 g/mol. The molecule has 0 heterocycles. The third-order valence-corrected chi connectivity index (χ3v) is 2.79. The Labute approximate surface area is 134 Å². The number of ether oxygens (including phenoxy) is 2. The molecule has 1 N–H and O–H groups in total. The van der Waals surface area contributed by atoms with E-state index in [1.807, 2.05) is 0 Å². The fraction of sp³-hybridized carbons (Fsp3) is 0.133. The molecule has 0 saturated heterocycles. The smallest absolute Gasteiger partial charge is 0.484 e. The number of halogens is 4. The molecule has 0 atom stereocenters. The minimum Gasteiger partial charge on any atom is -0.484 e. The fourth-order valence-electron chi connectivity index (χ4n) is 1.68. The molecule has 0 unspecified atom stereocenters. The van der Waals surface area contributed by atoms with Gasteiger partial charge in [-0.3, -0.25) is 4.79 Å². The second-order valence-corrected chi connectivity index (χ2v) is 4.77. The van der Waals surface area contributed by atoms with Crippen molar-refractivity contribution in [2.75, 3.05) is 11.9 Å². The summed E-state index contributed by atoms with van der Waals surface area (Å²) in [5.74, 6) is -0.771. The van der Waals surface area contributed by atoms with Crippen LogP contribution in [0.5, 0.6) is 11.5 Å². The van der Waals surface area contributed by atoms with Crippen LogP contribution in [0.1, 0.15) is 0 Å². The Morgan fingerprint density at radius 3 is 2.57 bits per heavy atom. The van der Waals surface area contributed by atoms with E-state index in [2.05, 4.69) is 10.1 Å². The fourth-order valence-corrected chi connectivity index (χ4v) is 1.86. The van der Waals surface area contributed by atoms with E-state index >= 15 is 0 Å². The lowest BCUT2D eigenvalue weighted by atomic mass is 10.3. The van der Waals surface area contributed by atoms with Crippen LogP contribution in [-0.4, -0.2) is 18.9 Å². The average molecular weight is 346 g/mol. The molecule has 0 bridgehead atoms. The number of anilines is 1. The molecule has 0 spiro atoms. The Kier molecular flexibility index (Phi) is 5.33. The van der Waals surface area contributed by atoms with Crippen molar-refractivity contribution in [3.63, 3.8) is 0 Å². The van der Waals surface area contributed by atoms with Crippen molar-refractivity contribution in [3.05, 3.63) is 53.6 Å². The van der Waals surface area contributed by atoms with E-state index in [0.29, 0.717) is 10.8 Å². The van der Waals surface area contributed by atoms with E-state index < -0.39 is 18.0 Å². The molecule has 122 valence electrons. The van der Waals surface area contributed by atoms with Gasteiger partial charge in [-0.05, 0) is 30.3 Å². The summed E-state index contributed by atoms with van der Waals surface area (Å²) in [6.07, 6.45) is -4.85. The summed E-state index contributed by atoms with van der Waals surface area (Å²) in [7, 11) is 0. The molecule has 1 amide bonds. The summed E-state index contributed by atoms with van der Waals surface area (Å²) < 4.78 is 45.9. The number of carbonyl (C=O) groups excluding carboxylic acids is 1. The summed E-state index contributed by atoms with van der Waals surface area (Å²) >= 11 is 5.77. The van der Waals surface area contributed by atoms with Crippen LogP contribution >= 0.6 is 11.6 Å². The second-order valence-electron chi connectivity index (χ2n) is 4.34. The number of hydrogen-bond acceptors (Lipinski definition) is 3. The Morgan fingerprint density at radius 2 is 1.87 bits per heavy atom. The SMILES string of the molecule is O=C(COc1cccc(Cl)c1)Nc1ccccc1OC(F)(F)F. The number of benzene rings is 2. The molecule has 2 rings (SSSR count). The predicted molar refractivity (Wildman–Crippen MR) is 78.7 cm³/mol. The summed E-state index contributed by atoms with van der Waals surface area (Å²) in [4.78, 5) is 11.8. The summed E-state index contributed by atoms with van der Waals surface area (Å²) in [6.45, 7) is -0.388. The van der Waals surface area contributed by atoms with E-state index in [-0.39, 0.29) is 12.3 Å². The highest BCUT2D eigenvalue weighted by Gasteiger charge is 2.32. The Hall–Kier alpha value is -2.41. The van der Waals surface area contributed by atoms with Gasteiger partial charge in [-0.15, -0.1) is 13.2 Å². The first-order valence-corrected chi connectivity index (χ1v) is 6.74. The first kappa shape index (κ1) is 17.0. The lowest BCUT2D eigenvalue weighted by molar-refractivity contribution is -0.274. The highest BCUT2D eigenvalue weighted by molar-refractivity contribution is 6.30. The van der Waals surface area contributed by atoms with Gasteiger partial charge in [0.2, 0.25) is 0 Å².